The van der Waals surface area contributed by atoms with Crippen molar-refractivity contribution >= 4 is 29.1 Å². The summed E-state index contributed by atoms with van der Waals surface area (Å²) < 4.78 is 0. The van der Waals surface area contributed by atoms with Gasteiger partial charge in [-0.3, -0.25) is 19.4 Å². The maximum atomic E-state index is 12.9. The first kappa shape index (κ1) is 19.4. The zero-order valence-electron chi connectivity index (χ0n) is 15.8. The summed E-state index contributed by atoms with van der Waals surface area (Å²) in [6.07, 6.45) is 6.09. The van der Waals surface area contributed by atoms with Gasteiger partial charge >= 0.3 is 0 Å². The van der Waals surface area contributed by atoms with E-state index in [1.54, 1.807) is 0 Å². The molecule has 0 aliphatic carbocycles. The summed E-state index contributed by atoms with van der Waals surface area (Å²) >= 11 is 5.32. The highest BCUT2D eigenvalue weighted by molar-refractivity contribution is 7.80. The number of hydrogen-bond donors (Lipinski definition) is 0. The van der Waals surface area contributed by atoms with Crippen LogP contribution in [0.15, 0.2) is 34.7 Å². The van der Waals surface area contributed by atoms with Gasteiger partial charge in [0.15, 0.2) is 5.11 Å². The Morgan fingerprint density at radius 1 is 0.880 bits per heavy atom. The fourth-order valence-corrected chi connectivity index (χ4v) is 3.65. The van der Waals surface area contributed by atoms with Crippen LogP contribution in [-0.2, 0) is 9.59 Å². The van der Waals surface area contributed by atoms with Gasteiger partial charge in [-0.25, -0.2) is 0 Å². The molecule has 2 amide bonds. The first-order valence-corrected chi connectivity index (χ1v) is 9.34. The van der Waals surface area contributed by atoms with E-state index in [1.165, 1.54) is 9.80 Å². The molecular weight excluding hydrogens is 334 g/mol. The Kier molecular flexibility index (Phi) is 6.16. The van der Waals surface area contributed by atoms with Gasteiger partial charge in [0.2, 0.25) is 0 Å². The number of nitrogens with zero attached hydrogens (tertiary/aromatic N) is 3. The molecule has 5 nitrogen and oxygen atoms in total. The summed E-state index contributed by atoms with van der Waals surface area (Å²) in [6.45, 7) is 11.8. The molecule has 0 N–H and O–H groups in total. The summed E-state index contributed by atoms with van der Waals surface area (Å²) in [5.74, 6) is -0.598. The van der Waals surface area contributed by atoms with Crippen LogP contribution in [0.5, 0.6) is 0 Å². The maximum Gasteiger partial charge on any atom is 0.266 e. The average Bonchev–Trinajstić information content (AvgIpc) is 2.55. The van der Waals surface area contributed by atoms with Gasteiger partial charge in [0.05, 0.1) is 0 Å². The molecule has 6 heteroatoms. The van der Waals surface area contributed by atoms with Crippen molar-refractivity contribution in [1.29, 1.82) is 0 Å². The molecule has 0 unspecified atom stereocenters. The van der Waals surface area contributed by atoms with E-state index >= 15 is 0 Å². The standard InChI is InChI=1S/C19H27N3O2S/c1-6-9-10-22-13(4)11-15(12-14(22)5)16-17(23)20(7-2)19(25)21(8-3)18(16)24/h11-12H,6-10H2,1-5H3. The smallest absolute Gasteiger partial charge is 0.266 e. The minimum Gasteiger partial charge on any atom is -0.349 e. The molecule has 25 heavy (non-hydrogen) atoms. The number of unbranched alkanes of at least 4 members (excludes halogenated alkanes) is 1. The van der Waals surface area contributed by atoms with E-state index in [0.717, 1.165) is 30.8 Å². The molecule has 2 aliphatic heterocycles. The average molecular weight is 362 g/mol. The molecule has 2 rings (SSSR count). The van der Waals surface area contributed by atoms with Crippen LogP contribution in [0.1, 0.15) is 47.5 Å². The van der Waals surface area contributed by atoms with Crippen molar-refractivity contribution in [3.8, 4) is 0 Å². The summed E-state index contributed by atoms with van der Waals surface area (Å²) in [7, 11) is 0. The van der Waals surface area contributed by atoms with Gasteiger partial charge in [-0.1, -0.05) is 13.3 Å². The van der Waals surface area contributed by atoms with E-state index in [9.17, 15) is 9.59 Å². The minimum absolute atomic E-state index is 0.214. The van der Waals surface area contributed by atoms with E-state index < -0.39 is 0 Å². The van der Waals surface area contributed by atoms with E-state index in [0.29, 0.717) is 23.8 Å². The fourth-order valence-electron chi connectivity index (χ4n) is 3.22. The first-order valence-electron chi connectivity index (χ1n) is 8.93. The summed E-state index contributed by atoms with van der Waals surface area (Å²) in [5, 5.41) is 0.297. The van der Waals surface area contributed by atoms with Crippen LogP contribution in [0.3, 0.4) is 0 Å². The number of allylic oxidation sites excluding steroid dienone is 5. The molecule has 0 aromatic heterocycles. The molecule has 1 fully saturated rings. The second-order valence-corrected chi connectivity index (χ2v) is 6.65. The lowest BCUT2D eigenvalue weighted by Crippen LogP contribution is -2.56. The van der Waals surface area contributed by atoms with E-state index in [-0.39, 0.29) is 17.4 Å². The summed E-state index contributed by atoms with van der Waals surface area (Å²) in [5.41, 5.74) is 3.00. The molecule has 0 radical (unpaired) electrons. The van der Waals surface area contributed by atoms with Gasteiger partial charge in [-0.2, -0.15) is 0 Å². The van der Waals surface area contributed by atoms with E-state index in [2.05, 4.69) is 11.8 Å². The van der Waals surface area contributed by atoms with Crippen molar-refractivity contribution in [2.45, 2.75) is 47.5 Å². The van der Waals surface area contributed by atoms with Gasteiger partial charge in [-0.05, 0) is 64.1 Å². The second-order valence-electron chi connectivity index (χ2n) is 6.29. The Hall–Kier alpha value is -1.95. The maximum absolute atomic E-state index is 12.9. The minimum atomic E-state index is -0.299. The van der Waals surface area contributed by atoms with Gasteiger partial charge in [0, 0.05) is 31.0 Å². The Morgan fingerprint density at radius 2 is 1.36 bits per heavy atom. The van der Waals surface area contributed by atoms with Crippen LogP contribution in [0, 0.1) is 0 Å². The number of thiocarbonyl (C=S) groups is 1. The number of likely N-dealkylation sites (N-methyl/N-ethyl adjacent to an activating group) is 2. The molecule has 1 saturated heterocycles. The van der Waals surface area contributed by atoms with Gasteiger partial charge in [0.1, 0.15) is 5.57 Å². The van der Waals surface area contributed by atoms with Crippen LogP contribution < -0.4 is 0 Å². The number of carbonyl (C=O) groups excluding carboxylic acids is 2. The number of rotatable bonds is 5. The quantitative estimate of drug-likeness (QED) is 0.428. The highest BCUT2D eigenvalue weighted by Crippen LogP contribution is 2.28. The molecule has 2 aliphatic rings. The van der Waals surface area contributed by atoms with Crippen LogP contribution in [0.2, 0.25) is 0 Å². The fraction of sp³-hybridized carbons (Fsp3) is 0.526. The van der Waals surface area contributed by atoms with Gasteiger partial charge in [0.25, 0.3) is 11.8 Å². The van der Waals surface area contributed by atoms with Crippen molar-refractivity contribution in [2.75, 3.05) is 19.6 Å². The Morgan fingerprint density at radius 3 is 1.76 bits per heavy atom. The predicted octanol–water partition coefficient (Wildman–Crippen LogP) is 3.20. The number of amides is 2. The number of carbonyl (C=O) groups is 2. The lowest BCUT2D eigenvalue weighted by atomic mass is 9.98. The van der Waals surface area contributed by atoms with Crippen LogP contribution in [0.4, 0.5) is 0 Å². The molecular formula is C19H27N3O2S. The molecule has 2 heterocycles. The van der Waals surface area contributed by atoms with E-state index in [4.69, 9.17) is 12.2 Å². The van der Waals surface area contributed by atoms with Crippen molar-refractivity contribution < 1.29 is 9.59 Å². The third-order valence-corrected chi connectivity index (χ3v) is 5.06. The number of hydrogen-bond acceptors (Lipinski definition) is 4. The van der Waals surface area contributed by atoms with E-state index in [1.807, 2.05) is 39.8 Å². The van der Waals surface area contributed by atoms with Crippen molar-refractivity contribution in [1.82, 2.24) is 14.7 Å². The molecule has 0 aromatic carbocycles. The highest BCUT2D eigenvalue weighted by Gasteiger charge is 2.39. The van der Waals surface area contributed by atoms with Crippen molar-refractivity contribution in [2.24, 2.45) is 0 Å². The predicted molar refractivity (Wildman–Crippen MR) is 104 cm³/mol. The topological polar surface area (TPSA) is 43.9 Å². The first-order chi connectivity index (χ1) is 11.9. The zero-order valence-corrected chi connectivity index (χ0v) is 16.6. The second kappa shape index (κ2) is 7.95. The van der Waals surface area contributed by atoms with Crippen LogP contribution in [-0.4, -0.2) is 51.3 Å². The molecule has 0 spiro atoms. The molecule has 0 bridgehead atoms. The highest BCUT2D eigenvalue weighted by atomic mass is 32.1. The largest absolute Gasteiger partial charge is 0.349 e. The summed E-state index contributed by atoms with van der Waals surface area (Å²) in [4.78, 5) is 31.0. The Balaban J connectivity index is 2.50. The zero-order chi connectivity index (χ0) is 18.7. The van der Waals surface area contributed by atoms with Gasteiger partial charge < -0.3 is 4.90 Å². The molecule has 0 atom stereocenters. The third-order valence-electron chi connectivity index (χ3n) is 4.62. The van der Waals surface area contributed by atoms with Crippen LogP contribution in [0.25, 0.3) is 0 Å². The van der Waals surface area contributed by atoms with Crippen molar-refractivity contribution in [3.63, 3.8) is 0 Å². The Labute approximate surface area is 155 Å². The summed E-state index contributed by atoms with van der Waals surface area (Å²) in [6, 6.07) is 0. The third kappa shape index (κ3) is 3.54. The SMILES string of the molecule is CCCCN1C(C)=CC(=C2C(=O)N(CC)C(=S)N(CC)C2=O)C=C1C. The molecule has 136 valence electrons. The van der Waals surface area contributed by atoms with Gasteiger partial charge in [-0.15, -0.1) is 0 Å². The normalized spacial score (nSPS) is 18.9. The lowest BCUT2D eigenvalue weighted by Gasteiger charge is -2.37. The van der Waals surface area contributed by atoms with Crippen LogP contribution >= 0.6 is 12.2 Å². The van der Waals surface area contributed by atoms with Crippen molar-refractivity contribution in [3.05, 3.63) is 34.7 Å². The lowest BCUT2D eigenvalue weighted by molar-refractivity contribution is -0.133. The molecule has 0 aromatic rings. The monoisotopic (exact) mass is 361 g/mol. The molecule has 0 saturated carbocycles. The Bertz CT molecular complexity index is 641.